The van der Waals surface area contributed by atoms with Crippen LogP contribution in [0, 0.1) is 13.8 Å². The molecule has 4 aromatic rings. The second-order valence-corrected chi connectivity index (χ2v) is 12.9. The van der Waals surface area contributed by atoms with Crippen LogP contribution in [0.4, 0.5) is 11.4 Å². The molecule has 4 aromatic carbocycles. The van der Waals surface area contributed by atoms with E-state index < -0.39 is 0 Å². The van der Waals surface area contributed by atoms with Gasteiger partial charge in [-0.25, -0.2) is 0 Å². The monoisotopic (exact) mass is 574 g/mol. The van der Waals surface area contributed by atoms with E-state index in [1.807, 2.05) is 48.5 Å². The van der Waals surface area contributed by atoms with Crippen LogP contribution < -0.4 is 20.9 Å². The topological polar surface area (TPSA) is 70.5 Å². The van der Waals surface area contributed by atoms with Gasteiger partial charge in [0.05, 0.1) is 0 Å². The molecule has 0 atom stereocenters. The van der Waals surface area contributed by atoms with Crippen molar-refractivity contribution in [1.29, 1.82) is 0 Å². The number of anilines is 2. The van der Waals surface area contributed by atoms with Crippen LogP contribution >= 0.6 is 0 Å². The van der Waals surface area contributed by atoms with Gasteiger partial charge in [0.15, 0.2) is 0 Å². The maximum atomic E-state index is 6.57. The minimum atomic E-state index is 0.534. The Labute approximate surface area is 257 Å². The SMILES string of the molecule is Cc1cc(Cc2cc(C)c(Oc3ccc(N)cc3)c(C3CCCCC3)c2)cc(C2CCCCC2)c1Oc1ccc(N)cc1. The Hall–Kier alpha value is -3.92. The zero-order chi connectivity index (χ0) is 29.8. The van der Waals surface area contributed by atoms with E-state index in [1.165, 1.54) is 97.6 Å². The van der Waals surface area contributed by atoms with Crippen LogP contribution in [0.15, 0.2) is 72.8 Å². The zero-order valence-electron chi connectivity index (χ0n) is 25.8. The molecule has 4 heteroatoms. The Morgan fingerprint density at radius 1 is 0.535 bits per heavy atom. The van der Waals surface area contributed by atoms with Crippen molar-refractivity contribution in [2.24, 2.45) is 0 Å². The van der Waals surface area contributed by atoms with Crippen molar-refractivity contribution in [2.75, 3.05) is 11.5 Å². The van der Waals surface area contributed by atoms with Gasteiger partial charge in [0.2, 0.25) is 0 Å². The lowest BCUT2D eigenvalue weighted by atomic mass is 9.81. The second-order valence-electron chi connectivity index (χ2n) is 12.9. The predicted molar refractivity (Wildman–Crippen MR) is 179 cm³/mol. The molecule has 4 N–H and O–H groups in total. The predicted octanol–water partition coefficient (Wildman–Crippen LogP) is 10.7. The number of hydrogen-bond donors (Lipinski definition) is 2. The summed E-state index contributed by atoms with van der Waals surface area (Å²) in [5.74, 6) is 4.79. The first-order chi connectivity index (χ1) is 20.9. The second kappa shape index (κ2) is 13.2. The number of ether oxygens (including phenoxy) is 2. The maximum Gasteiger partial charge on any atom is 0.133 e. The number of benzene rings is 4. The first-order valence-electron chi connectivity index (χ1n) is 16.3. The van der Waals surface area contributed by atoms with Crippen molar-refractivity contribution in [2.45, 2.75) is 96.3 Å². The molecule has 0 spiro atoms. The Bertz CT molecular complexity index is 1410. The molecule has 0 amide bonds. The fraction of sp³-hybridized carbons (Fsp3) is 0.385. The highest BCUT2D eigenvalue weighted by Gasteiger charge is 2.24. The summed E-state index contributed by atoms with van der Waals surface area (Å²) in [4.78, 5) is 0. The third-order valence-corrected chi connectivity index (χ3v) is 9.42. The molecule has 0 heterocycles. The molecule has 4 nitrogen and oxygen atoms in total. The molecule has 0 radical (unpaired) electrons. The molecular formula is C39H46N2O2. The van der Waals surface area contributed by atoms with Crippen molar-refractivity contribution in [1.82, 2.24) is 0 Å². The fourth-order valence-electron chi connectivity index (χ4n) is 7.22. The van der Waals surface area contributed by atoms with Gasteiger partial charge in [-0.3, -0.25) is 0 Å². The average Bonchev–Trinajstić information content (AvgIpc) is 3.02. The third-order valence-electron chi connectivity index (χ3n) is 9.42. The summed E-state index contributed by atoms with van der Waals surface area (Å²) in [7, 11) is 0. The highest BCUT2D eigenvalue weighted by Crippen LogP contribution is 2.44. The molecule has 224 valence electrons. The van der Waals surface area contributed by atoms with Gasteiger partial charge in [0, 0.05) is 11.4 Å². The minimum absolute atomic E-state index is 0.534. The van der Waals surface area contributed by atoms with Gasteiger partial charge >= 0.3 is 0 Å². The molecule has 0 bridgehead atoms. The first-order valence-corrected chi connectivity index (χ1v) is 16.3. The molecule has 0 aromatic heterocycles. The van der Waals surface area contributed by atoms with E-state index in [0.29, 0.717) is 11.8 Å². The van der Waals surface area contributed by atoms with Crippen LogP contribution in [0.3, 0.4) is 0 Å². The lowest BCUT2D eigenvalue weighted by molar-refractivity contribution is 0.417. The van der Waals surface area contributed by atoms with Gasteiger partial charge in [0.1, 0.15) is 23.0 Å². The van der Waals surface area contributed by atoms with Gasteiger partial charge in [0.25, 0.3) is 0 Å². The number of rotatable bonds is 8. The Kier molecular flexibility index (Phi) is 8.92. The van der Waals surface area contributed by atoms with Crippen LogP contribution in [0.25, 0.3) is 0 Å². The van der Waals surface area contributed by atoms with Crippen LogP contribution in [0.2, 0.25) is 0 Å². The molecular weight excluding hydrogens is 528 g/mol. The van der Waals surface area contributed by atoms with Gasteiger partial charge in [-0.15, -0.1) is 0 Å². The van der Waals surface area contributed by atoms with Crippen molar-refractivity contribution in [3.05, 3.63) is 106 Å². The molecule has 6 rings (SSSR count). The summed E-state index contributed by atoms with van der Waals surface area (Å²) in [6.07, 6.45) is 13.6. The van der Waals surface area contributed by atoms with Crippen molar-refractivity contribution in [3.63, 3.8) is 0 Å². The molecule has 43 heavy (non-hydrogen) atoms. The van der Waals surface area contributed by atoms with E-state index in [9.17, 15) is 0 Å². The van der Waals surface area contributed by atoms with E-state index in [-0.39, 0.29) is 0 Å². The highest BCUT2D eigenvalue weighted by atomic mass is 16.5. The Morgan fingerprint density at radius 2 is 0.907 bits per heavy atom. The number of nitrogens with two attached hydrogens (primary N) is 2. The van der Waals surface area contributed by atoms with E-state index in [1.54, 1.807) is 0 Å². The zero-order valence-corrected chi connectivity index (χ0v) is 25.8. The van der Waals surface area contributed by atoms with Crippen molar-refractivity contribution >= 4 is 11.4 Å². The van der Waals surface area contributed by atoms with Crippen molar-refractivity contribution in [3.8, 4) is 23.0 Å². The standard InChI is InChI=1S/C39H46N2O2/c1-26-21-28(24-36(30-9-5-3-6-10-30)38(26)42-34-17-13-32(40)14-18-34)23-29-22-27(2)39(43-35-19-15-33(41)16-20-35)37(25-29)31-11-7-4-8-12-31/h13-22,24-25,30-31H,3-12,23,40-41H2,1-2H3. The molecule has 2 saturated carbocycles. The normalized spacial score (nSPS) is 16.2. The van der Waals surface area contributed by atoms with Crippen molar-refractivity contribution < 1.29 is 9.47 Å². The summed E-state index contributed by atoms with van der Waals surface area (Å²) < 4.78 is 13.1. The maximum absolute atomic E-state index is 6.57. The first kappa shape index (κ1) is 29.2. The third kappa shape index (κ3) is 7.01. The summed E-state index contributed by atoms with van der Waals surface area (Å²) in [5, 5.41) is 0. The molecule has 2 fully saturated rings. The minimum Gasteiger partial charge on any atom is -0.457 e. The summed E-state index contributed by atoms with van der Waals surface area (Å²) in [6, 6.07) is 25.0. The Morgan fingerprint density at radius 3 is 1.28 bits per heavy atom. The molecule has 2 aliphatic rings. The van der Waals surface area contributed by atoms with E-state index >= 15 is 0 Å². The van der Waals surface area contributed by atoms with Gasteiger partial charge in [-0.05, 0) is 140 Å². The molecule has 0 unspecified atom stereocenters. The molecule has 0 aliphatic heterocycles. The van der Waals surface area contributed by atoms with Gasteiger partial charge in [-0.2, -0.15) is 0 Å². The van der Waals surface area contributed by atoms with Crippen LogP contribution in [0.1, 0.15) is 109 Å². The van der Waals surface area contributed by atoms with E-state index in [2.05, 4.69) is 38.1 Å². The van der Waals surface area contributed by atoms with Crippen LogP contribution in [-0.4, -0.2) is 0 Å². The lowest BCUT2D eigenvalue weighted by Crippen LogP contribution is -2.09. The Balaban J connectivity index is 1.34. The number of aryl methyl sites for hydroxylation is 2. The largest absolute Gasteiger partial charge is 0.457 e. The quantitative estimate of drug-likeness (QED) is 0.205. The molecule has 2 aliphatic carbocycles. The number of hydrogen-bond acceptors (Lipinski definition) is 4. The summed E-state index contributed by atoms with van der Waals surface area (Å²) in [6.45, 7) is 4.40. The average molecular weight is 575 g/mol. The summed E-state index contributed by atoms with van der Waals surface area (Å²) >= 11 is 0. The van der Waals surface area contributed by atoms with E-state index in [4.69, 9.17) is 20.9 Å². The molecule has 0 saturated heterocycles. The number of nitrogen functional groups attached to an aromatic ring is 2. The lowest BCUT2D eigenvalue weighted by Gasteiger charge is -2.27. The summed E-state index contributed by atoms with van der Waals surface area (Å²) in [5.41, 5.74) is 21.2. The van der Waals surface area contributed by atoms with Gasteiger partial charge < -0.3 is 20.9 Å². The van der Waals surface area contributed by atoms with Crippen LogP contribution in [0.5, 0.6) is 23.0 Å². The highest BCUT2D eigenvalue weighted by molar-refractivity contribution is 5.53. The van der Waals surface area contributed by atoms with Gasteiger partial charge in [-0.1, -0.05) is 62.8 Å². The van der Waals surface area contributed by atoms with Crippen LogP contribution in [-0.2, 0) is 6.42 Å². The fourth-order valence-corrected chi connectivity index (χ4v) is 7.22. The van der Waals surface area contributed by atoms with E-state index in [0.717, 1.165) is 40.8 Å². The smallest absolute Gasteiger partial charge is 0.133 e.